The fraction of sp³-hybridized carbons (Fsp3) is 0.214. The van der Waals surface area contributed by atoms with Crippen LogP contribution in [0.2, 0.25) is 5.02 Å². The molecule has 6 heteroatoms. The van der Waals surface area contributed by atoms with E-state index in [1.54, 1.807) is 12.7 Å². The lowest BCUT2D eigenvalue weighted by Gasteiger charge is -2.08. The van der Waals surface area contributed by atoms with Crippen molar-refractivity contribution in [2.75, 3.05) is 0 Å². The molecule has 0 aliphatic rings. The quantitative estimate of drug-likeness (QED) is 0.744. The van der Waals surface area contributed by atoms with E-state index >= 15 is 0 Å². The SMILES string of the molecule is Cc1ncn(C)c1-c1ncnn1Cc1ccccc1Cl. The second kappa shape index (κ2) is 5.09. The van der Waals surface area contributed by atoms with Gasteiger partial charge in [-0.1, -0.05) is 29.8 Å². The van der Waals surface area contributed by atoms with E-state index in [4.69, 9.17) is 11.6 Å². The molecule has 5 nitrogen and oxygen atoms in total. The standard InChI is InChI=1S/C14H14ClN5/c1-10-13(19(2)9-17-10)14-16-8-18-20(14)7-11-5-3-4-6-12(11)15/h3-6,8-9H,7H2,1-2H3. The Balaban J connectivity index is 2.02. The number of rotatable bonds is 3. The predicted octanol–water partition coefficient (Wildman–Crippen LogP) is 2.69. The maximum absolute atomic E-state index is 6.20. The van der Waals surface area contributed by atoms with Gasteiger partial charge in [-0.3, -0.25) is 0 Å². The van der Waals surface area contributed by atoms with Crippen LogP contribution in [-0.4, -0.2) is 24.3 Å². The molecule has 20 heavy (non-hydrogen) atoms. The lowest BCUT2D eigenvalue weighted by molar-refractivity contribution is 0.687. The first-order valence-electron chi connectivity index (χ1n) is 6.26. The smallest absolute Gasteiger partial charge is 0.176 e. The number of hydrogen-bond donors (Lipinski definition) is 0. The summed E-state index contributed by atoms with van der Waals surface area (Å²) in [7, 11) is 1.95. The lowest BCUT2D eigenvalue weighted by atomic mass is 10.2. The molecule has 0 fully saturated rings. The van der Waals surface area contributed by atoms with E-state index in [2.05, 4.69) is 15.1 Å². The summed E-state index contributed by atoms with van der Waals surface area (Å²) in [5.74, 6) is 0.794. The Kier molecular flexibility index (Phi) is 3.28. The Morgan fingerprint density at radius 3 is 2.70 bits per heavy atom. The Labute approximate surface area is 121 Å². The molecule has 2 heterocycles. The lowest BCUT2D eigenvalue weighted by Crippen LogP contribution is -2.07. The molecule has 0 saturated carbocycles. The highest BCUT2D eigenvalue weighted by Crippen LogP contribution is 2.22. The summed E-state index contributed by atoms with van der Waals surface area (Å²) in [4.78, 5) is 8.65. The molecule has 102 valence electrons. The molecular formula is C14H14ClN5. The molecule has 2 aromatic heterocycles. The summed E-state index contributed by atoms with van der Waals surface area (Å²) in [6.07, 6.45) is 3.33. The average Bonchev–Trinajstić information content (AvgIpc) is 2.99. The molecule has 0 aliphatic carbocycles. The van der Waals surface area contributed by atoms with Crippen LogP contribution in [0.1, 0.15) is 11.3 Å². The van der Waals surface area contributed by atoms with Gasteiger partial charge in [0.15, 0.2) is 5.82 Å². The van der Waals surface area contributed by atoms with Gasteiger partial charge >= 0.3 is 0 Å². The van der Waals surface area contributed by atoms with Gasteiger partial charge in [0, 0.05) is 12.1 Å². The van der Waals surface area contributed by atoms with Crippen LogP contribution < -0.4 is 0 Å². The van der Waals surface area contributed by atoms with Gasteiger partial charge in [-0.2, -0.15) is 5.10 Å². The maximum atomic E-state index is 6.20. The van der Waals surface area contributed by atoms with E-state index < -0.39 is 0 Å². The van der Waals surface area contributed by atoms with Gasteiger partial charge in [-0.25, -0.2) is 14.6 Å². The van der Waals surface area contributed by atoms with Gasteiger partial charge in [-0.05, 0) is 18.6 Å². The molecule has 3 rings (SSSR count). The number of benzene rings is 1. The topological polar surface area (TPSA) is 48.5 Å². The number of halogens is 1. The Morgan fingerprint density at radius 2 is 2.00 bits per heavy atom. The number of hydrogen-bond acceptors (Lipinski definition) is 3. The van der Waals surface area contributed by atoms with Gasteiger partial charge in [0.1, 0.15) is 12.0 Å². The summed E-state index contributed by atoms with van der Waals surface area (Å²) < 4.78 is 3.79. The van der Waals surface area contributed by atoms with Crippen LogP contribution >= 0.6 is 11.6 Å². The first kappa shape index (κ1) is 12.9. The number of imidazole rings is 1. The van der Waals surface area contributed by atoms with Crippen molar-refractivity contribution in [2.45, 2.75) is 13.5 Å². The maximum Gasteiger partial charge on any atom is 0.176 e. The van der Waals surface area contributed by atoms with Crippen molar-refractivity contribution in [2.24, 2.45) is 7.05 Å². The minimum Gasteiger partial charge on any atom is -0.331 e. The van der Waals surface area contributed by atoms with Crippen molar-refractivity contribution in [3.8, 4) is 11.5 Å². The average molecular weight is 288 g/mol. The Morgan fingerprint density at radius 1 is 1.20 bits per heavy atom. The predicted molar refractivity (Wildman–Crippen MR) is 77.5 cm³/mol. The van der Waals surface area contributed by atoms with Crippen LogP contribution in [0, 0.1) is 6.92 Å². The first-order chi connectivity index (χ1) is 9.66. The van der Waals surface area contributed by atoms with Crippen LogP contribution in [0.25, 0.3) is 11.5 Å². The van der Waals surface area contributed by atoms with E-state index in [0.717, 1.165) is 27.8 Å². The molecule has 3 aromatic rings. The third-order valence-electron chi connectivity index (χ3n) is 3.23. The second-order valence-electron chi connectivity index (χ2n) is 4.62. The third-order valence-corrected chi connectivity index (χ3v) is 3.59. The van der Waals surface area contributed by atoms with Gasteiger partial charge in [0.2, 0.25) is 0 Å². The Hall–Kier alpha value is -2.14. The van der Waals surface area contributed by atoms with E-state index in [1.165, 1.54) is 0 Å². The number of aromatic nitrogens is 5. The number of nitrogens with zero attached hydrogens (tertiary/aromatic N) is 5. The highest BCUT2D eigenvalue weighted by Gasteiger charge is 2.15. The fourth-order valence-corrected chi connectivity index (χ4v) is 2.41. The molecule has 0 aliphatic heterocycles. The second-order valence-corrected chi connectivity index (χ2v) is 5.03. The van der Waals surface area contributed by atoms with Gasteiger partial charge in [0.05, 0.1) is 18.6 Å². The largest absolute Gasteiger partial charge is 0.331 e. The van der Waals surface area contributed by atoms with Gasteiger partial charge in [-0.15, -0.1) is 0 Å². The zero-order valence-electron chi connectivity index (χ0n) is 11.3. The molecule has 0 amide bonds. The van der Waals surface area contributed by atoms with Crippen LogP contribution in [0.3, 0.4) is 0 Å². The van der Waals surface area contributed by atoms with Gasteiger partial charge < -0.3 is 4.57 Å². The Bertz CT molecular complexity index is 724. The highest BCUT2D eigenvalue weighted by molar-refractivity contribution is 6.31. The first-order valence-corrected chi connectivity index (χ1v) is 6.64. The van der Waals surface area contributed by atoms with E-state index in [0.29, 0.717) is 6.54 Å². The molecular weight excluding hydrogens is 274 g/mol. The molecule has 0 N–H and O–H groups in total. The number of aryl methyl sites for hydroxylation is 2. The van der Waals surface area contributed by atoms with Crippen molar-refractivity contribution in [3.05, 3.63) is 53.2 Å². The van der Waals surface area contributed by atoms with Crippen LogP contribution in [0.5, 0.6) is 0 Å². The van der Waals surface area contributed by atoms with Crippen LogP contribution in [0.4, 0.5) is 0 Å². The van der Waals surface area contributed by atoms with E-state index in [-0.39, 0.29) is 0 Å². The summed E-state index contributed by atoms with van der Waals surface area (Å²) in [5.41, 5.74) is 2.91. The van der Waals surface area contributed by atoms with E-state index in [9.17, 15) is 0 Å². The van der Waals surface area contributed by atoms with Crippen LogP contribution in [0.15, 0.2) is 36.9 Å². The fourth-order valence-electron chi connectivity index (χ4n) is 2.22. The highest BCUT2D eigenvalue weighted by atomic mass is 35.5. The summed E-state index contributed by atoms with van der Waals surface area (Å²) in [6.45, 7) is 2.55. The monoisotopic (exact) mass is 287 g/mol. The van der Waals surface area contributed by atoms with Crippen molar-refractivity contribution in [1.82, 2.24) is 24.3 Å². The summed E-state index contributed by atoms with van der Waals surface area (Å²) >= 11 is 6.20. The normalized spacial score (nSPS) is 10.9. The minimum atomic E-state index is 0.583. The zero-order valence-corrected chi connectivity index (χ0v) is 12.0. The van der Waals surface area contributed by atoms with Crippen molar-refractivity contribution in [3.63, 3.8) is 0 Å². The van der Waals surface area contributed by atoms with Crippen molar-refractivity contribution < 1.29 is 0 Å². The van der Waals surface area contributed by atoms with Crippen LogP contribution in [-0.2, 0) is 13.6 Å². The summed E-state index contributed by atoms with van der Waals surface area (Å²) in [5, 5.41) is 5.03. The van der Waals surface area contributed by atoms with Crippen molar-refractivity contribution in [1.29, 1.82) is 0 Å². The molecule has 0 bridgehead atoms. The molecule has 0 unspecified atom stereocenters. The molecule has 0 atom stereocenters. The molecule has 0 saturated heterocycles. The molecule has 0 radical (unpaired) electrons. The molecule has 0 spiro atoms. The molecule has 1 aromatic carbocycles. The third kappa shape index (κ3) is 2.20. The minimum absolute atomic E-state index is 0.583. The zero-order chi connectivity index (χ0) is 14.1. The van der Waals surface area contributed by atoms with Gasteiger partial charge in [0.25, 0.3) is 0 Å². The van der Waals surface area contributed by atoms with E-state index in [1.807, 2.05) is 47.5 Å². The van der Waals surface area contributed by atoms with Crippen molar-refractivity contribution >= 4 is 11.6 Å². The summed E-state index contributed by atoms with van der Waals surface area (Å²) in [6, 6.07) is 7.75.